The number of anilines is 1. The summed E-state index contributed by atoms with van der Waals surface area (Å²) in [5, 5.41) is 7.11. The van der Waals surface area contributed by atoms with Crippen molar-refractivity contribution in [2.24, 2.45) is 7.05 Å². The minimum atomic E-state index is 0. The van der Waals surface area contributed by atoms with Crippen LogP contribution in [0, 0.1) is 0 Å². The summed E-state index contributed by atoms with van der Waals surface area (Å²) in [6, 6.07) is 5.87. The van der Waals surface area contributed by atoms with Gasteiger partial charge in [0.1, 0.15) is 5.82 Å². The van der Waals surface area contributed by atoms with E-state index in [1.165, 1.54) is 0 Å². The molecule has 0 radical (unpaired) electrons. The SMILES string of the molecule is CNc1cccc(-c2cnn(C)c2)n1.Cl.Cl. The summed E-state index contributed by atoms with van der Waals surface area (Å²) in [5.41, 5.74) is 1.97. The molecule has 0 aromatic carbocycles. The number of aryl methyl sites for hydroxylation is 1. The molecule has 0 amide bonds. The van der Waals surface area contributed by atoms with Gasteiger partial charge in [-0.3, -0.25) is 4.68 Å². The van der Waals surface area contributed by atoms with Crippen LogP contribution in [0.5, 0.6) is 0 Å². The Hall–Kier alpha value is -1.26. The van der Waals surface area contributed by atoms with Gasteiger partial charge in [0.15, 0.2) is 0 Å². The fourth-order valence-electron chi connectivity index (χ4n) is 1.29. The zero-order valence-corrected chi connectivity index (χ0v) is 10.7. The van der Waals surface area contributed by atoms with Gasteiger partial charge in [-0.25, -0.2) is 4.98 Å². The highest BCUT2D eigenvalue weighted by Crippen LogP contribution is 2.17. The molecule has 4 nitrogen and oxygen atoms in total. The molecule has 2 rings (SSSR count). The molecule has 0 aliphatic carbocycles. The fourth-order valence-corrected chi connectivity index (χ4v) is 1.29. The number of hydrogen-bond acceptors (Lipinski definition) is 3. The van der Waals surface area contributed by atoms with E-state index in [9.17, 15) is 0 Å². The van der Waals surface area contributed by atoms with Crippen molar-refractivity contribution in [2.45, 2.75) is 0 Å². The van der Waals surface area contributed by atoms with Gasteiger partial charge >= 0.3 is 0 Å². The van der Waals surface area contributed by atoms with Gasteiger partial charge in [-0.1, -0.05) is 6.07 Å². The molecule has 2 aromatic rings. The Morgan fingerprint density at radius 2 is 2.00 bits per heavy atom. The van der Waals surface area contributed by atoms with Gasteiger partial charge in [0, 0.05) is 25.9 Å². The third-order valence-corrected chi connectivity index (χ3v) is 2.01. The molecular formula is C10H14Cl2N4. The van der Waals surface area contributed by atoms with Crippen LogP contribution >= 0.6 is 24.8 Å². The van der Waals surface area contributed by atoms with Crippen LogP contribution in [0.3, 0.4) is 0 Å². The number of aromatic nitrogens is 3. The topological polar surface area (TPSA) is 42.7 Å². The van der Waals surface area contributed by atoms with Crippen LogP contribution in [0.2, 0.25) is 0 Å². The summed E-state index contributed by atoms with van der Waals surface area (Å²) in [5.74, 6) is 0.867. The number of pyridine rings is 1. The first-order chi connectivity index (χ1) is 6.79. The summed E-state index contributed by atoms with van der Waals surface area (Å²) in [6.45, 7) is 0. The highest BCUT2D eigenvalue weighted by Gasteiger charge is 2.01. The van der Waals surface area contributed by atoms with Crippen molar-refractivity contribution < 1.29 is 0 Å². The molecule has 0 fully saturated rings. The summed E-state index contributed by atoms with van der Waals surface area (Å²) in [6.07, 6.45) is 3.75. The van der Waals surface area contributed by atoms with Crippen molar-refractivity contribution in [3.05, 3.63) is 30.6 Å². The maximum absolute atomic E-state index is 4.41. The maximum atomic E-state index is 4.41. The fraction of sp³-hybridized carbons (Fsp3) is 0.200. The highest BCUT2D eigenvalue weighted by molar-refractivity contribution is 5.85. The Kier molecular flexibility index (Phi) is 5.85. The molecule has 16 heavy (non-hydrogen) atoms. The molecule has 0 aliphatic heterocycles. The molecule has 88 valence electrons. The number of nitrogens with zero attached hydrogens (tertiary/aromatic N) is 3. The standard InChI is InChI=1S/C10H12N4.2ClH/c1-11-10-5-3-4-9(13-10)8-6-12-14(2)7-8;;/h3-7H,1-2H3,(H,11,13);2*1H. The normalized spacial score (nSPS) is 8.88. The van der Waals surface area contributed by atoms with Gasteiger partial charge in [0.05, 0.1) is 11.9 Å². The number of hydrogen-bond donors (Lipinski definition) is 1. The molecule has 6 heteroatoms. The van der Waals surface area contributed by atoms with Crippen LogP contribution in [0.25, 0.3) is 11.3 Å². The summed E-state index contributed by atoms with van der Waals surface area (Å²) in [4.78, 5) is 4.41. The van der Waals surface area contributed by atoms with E-state index in [1.54, 1.807) is 4.68 Å². The number of rotatable bonds is 2. The van der Waals surface area contributed by atoms with Crippen LogP contribution in [-0.4, -0.2) is 21.8 Å². The Balaban J connectivity index is 0.00000112. The number of halogens is 2. The average Bonchev–Trinajstić information content (AvgIpc) is 2.65. The Bertz CT molecular complexity index is 442. The summed E-state index contributed by atoms with van der Waals surface area (Å²) < 4.78 is 1.77. The number of nitrogens with one attached hydrogen (secondary N) is 1. The molecule has 2 aromatic heterocycles. The predicted octanol–water partition coefficient (Wildman–Crippen LogP) is 2.37. The van der Waals surface area contributed by atoms with Crippen LogP contribution in [0.4, 0.5) is 5.82 Å². The van der Waals surface area contributed by atoms with Crippen LogP contribution < -0.4 is 5.32 Å². The van der Waals surface area contributed by atoms with E-state index < -0.39 is 0 Å². The van der Waals surface area contributed by atoms with Crippen LogP contribution in [0.1, 0.15) is 0 Å². The quantitative estimate of drug-likeness (QED) is 0.902. The van der Waals surface area contributed by atoms with E-state index in [-0.39, 0.29) is 24.8 Å². The average molecular weight is 261 g/mol. The summed E-state index contributed by atoms with van der Waals surface area (Å²) in [7, 11) is 3.75. The minimum absolute atomic E-state index is 0. The predicted molar refractivity (Wildman–Crippen MR) is 70.5 cm³/mol. The summed E-state index contributed by atoms with van der Waals surface area (Å²) >= 11 is 0. The molecule has 2 heterocycles. The smallest absolute Gasteiger partial charge is 0.126 e. The van der Waals surface area contributed by atoms with Crippen molar-refractivity contribution >= 4 is 30.6 Å². The molecule has 0 bridgehead atoms. The lowest BCUT2D eigenvalue weighted by Gasteiger charge is -2.00. The van der Waals surface area contributed by atoms with Gasteiger partial charge < -0.3 is 5.32 Å². The van der Waals surface area contributed by atoms with E-state index in [4.69, 9.17) is 0 Å². The van der Waals surface area contributed by atoms with Crippen molar-refractivity contribution in [1.82, 2.24) is 14.8 Å². The third kappa shape index (κ3) is 3.12. The maximum Gasteiger partial charge on any atom is 0.126 e. The molecule has 0 saturated carbocycles. The van der Waals surface area contributed by atoms with E-state index in [2.05, 4.69) is 15.4 Å². The second-order valence-corrected chi connectivity index (χ2v) is 3.06. The largest absolute Gasteiger partial charge is 0.373 e. The Morgan fingerprint density at radius 1 is 1.25 bits per heavy atom. The van der Waals surface area contributed by atoms with Gasteiger partial charge in [-0.05, 0) is 12.1 Å². The van der Waals surface area contributed by atoms with Gasteiger partial charge in [-0.2, -0.15) is 5.10 Å². The van der Waals surface area contributed by atoms with Crippen molar-refractivity contribution in [3.8, 4) is 11.3 Å². The first-order valence-corrected chi connectivity index (χ1v) is 4.43. The second-order valence-electron chi connectivity index (χ2n) is 3.06. The zero-order valence-electron chi connectivity index (χ0n) is 9.04. The van der Waals surface area contributed by atoms with Gasteiger partial charge in [-0.15, -0.1) is 24.8 Å². The Morgan fingerprint density at radius 3 is 2.56 bits per heavy atom. The monoisotopic (exact) mass is 260 g/mol. The molecule has 1 N–H and O–H groups in total. The van der Waals surface area contributed by atoms with Crippen molar-refractivity contribution in [1.29, 1.82) is 0 Å². The molecule has 0 atom stereocenters. The first kappa shape index (κ1) is 14.7. The Labute approximate surface area is 107 Å². The second kappa shape index (κ2) is 6.35. The molecule has 0 aliphatic rings. The van der Waals surface area contributed by atoms with E-state index in [1.807, 2.05) is 44.7 Å². The lowest BCUT2D eigenvalue weighted by Crippen LogP contribution is -1.92. The molecular weight excluding hydrogens is 247 g/mol. The molecule has 0 saturated heterocycles. The van der Waals surface area contributed by atoms with E-state index in [0.29, 0.717) is 0 Å². The van der Waals surface area contributed by atoms with E-state index >= 15 is 0 Å². The van der Waals surface area contributed by atoms with Crippen molar-refractivity contribution in [2.75, 3.05) is 12.4 Å². The van der Waals surface area contributed by atoms with Crippen LogP contribution in [0.15, 0.2) is 30.6 Å². The van der Waals surface area contributed by atoms with Crippen molar-refractivity contribution in [3.63, 3.8) is 0 Å². The third-order valence-electron chi connectivity index (χ3n) is 2.01. The zero-order chi connectivity index (χ0) is 9.97. The molecule has 0 spiro atoms. The van der Waals surface area contributed by atoms with E-state index in [0.717, 1.165) is 17.1 Å². The minimum Gasteiger partial charge on any atom is -0.373 e. The highest BCUT2D eigenvalue weighted by atomic mass is 35.5. The van der Waals surface area contributed by atoms with Crippen LogP contribution in [-0.2, 0) is 7.05 Å². The van der Waals surface area contributed by atoms with Gasteiger partial charge in [0.2, 0.25) is 0 Å². The lowest BCUT2D eigenvalue weighted by atomic mass is 10.2. The lowest BCUT2D eigenvalue weighted by molar-refractivity contribution is 0.768. The van der Waals surface area contributed by atoms with Gasteiger partial charge in [0.25, 0.3) is 0 Å². The first-order valence-electron chi connectivity index (χ1n) is 4.43. The molecule has 0 unspecified atom stereocenters.